The van der Waals surface area contributed by atoms with Crippen LogP contribution in [0, 0.1) is 0 Å². The van der Waals surface area contributed by atoms with Crippen LogP contribution >= 0.6 is 0 Å². The third-order valence-electron chi connectivity index (χ3n) is 5.82. The number of halogens is 3. The van der Waals surface area contributed by atoms with E-state index in [1.165, 1.54) is 11.2 Å². The molecule has 0 aromatic heterocycles. The predicted molar refractivity (Wildman–Crippen MR) is 116 cm³/mol. The number of hydrogen-bond acceptors (Lipinski definition) is 5. The summed E-state index contributed by atoms with van der Waals surface area (Å²) in [5, 5.41) is 0. The molecule has 8 nitrogen and oxygen atoms in total. The molecule has 4 rings (SSSR count). The van der Waals surface area contributed by atoms with Crippen LogP contribution in [0.15, 0.2) is 47.4 Å². The number of benzene rings is 2. The lowest BCUT2D eigenvalue weighted by Crippen LogP contribution is -2.50. The summed E-state index contributed by atoms with van der Waals surface area (Å²) in [5.74, 6) is -0.796. The maximum Gasteiger partial charge on any atom is 0.573 e. The lowest BCUT2D eigenvalue weighted by Gasteiger charge is -2.34. The van der Waals surface area contributed by atoms with Crippen molar-refractivity contribution in [3.05, 3.63) is 53.6 Å². The number of carbonyl (C=O) groups is 2. The molecule has 34 heavy (non-hydrogen) atoms. The molecule has 2 aliphatic rings. The summed E-state index contributed by atoms with van der Waals surface area (Å²) in [7, 11) is -3.94. The highest BCUT2D eigenvalue weighted by Crippen LogP contribution is 2.30. The molecule has 2 aromatic rings. The molecule has 0 bridgehead atoms. The Bertz CT molecular complexity index is 1210. The SMILES string of the molecule is CC(=O)N1CCc2cc(C(=O)N3CCN(S(=O)(=O)c4ccc(OC(F)(F)F)cc4)CC3)ccc21. The topological polar surface area (TPSA) is 87.2 Å². The van der Waals surface area contributed by atoms with Crippen molar-refractivity contribution in [1.82, 2.24) is 9.21 Å². The Morgan fingerprint density at radius 1 is 0.941 bits per heavy atom. The zero-order valence-electron chi connectivity index (χ0n) is 18.2. The fraction of sp³-hybridized carbons (Fsp3) is 0.364. The number of sulfonamides is 1. The van der Waals surface area contributed by atoms with Crippen LogP contribution < -0.4 is 9.64 Å². The first kappa shape index (κ1) is 24.0. The van der Waals surface area contributed by atoms with Crippen LogP contribution in [0.25, 0.3) is 0 Å². The molecule has 1 fully saturated rings. The average molecular weight is 497 g/mol. The minimum Gasteiger partial charge on any atom is -0.406 e. The first-order valence-corrected chi connectivity index (χ1v) is 12.0. The number of ether oxygens (including phenoxy) is 1. The molecule has 2 heterocycles. The highest BCUT2D eigenvalue weighted by atomic mass is 32.2. The van der Waals surface area contributed by atoms with Crippen LogP contribution in [-0.4, -0.2) is 68.5 Å². The van der Waals surface area contributed by atoms with Gasteiger partial charge in [-0.15, -0.1) is 13.2 Å². The molecule has 0 saturated carbocycles. The molecule has 0 N–H and O–H groups in total. The van der Waals surface area contributed by atoms with Gasteiger partial charge in [0, 0.05) is 50.9 Å². The van der Waals surface area contributed by atoms with Gasteiger partial charge in [-0.2, -0.15) is 4.31 Å². The number of rotatable bonds is 4. The number of nitrogens with zero attached hydrogens (tertiary/aromatic N) is 3. The summed E-state index contributed by atoms with van der Waals surface area (Å²) in [5.41, 5.74) is 2.19. The van der Waals surface area contributed by atoms with E-state index in [2.05, 4.69) is 4.74 Å². The van der Waals surface area contributed by atoms with Crippen LogP contribution in [0.5, 0.6) is 5.75 Å². The number of fused-ring (bicyclic) bond motifs is 1. The predicted octanol–water partition coefficient (Wildman–Crippen LogP) is 2.64. The van der Waals surface area contributed by atoms with E-state index in [4.69, 9.17) is 0 Å². The molecule has 12 heteroatoms. The Kier molecular flexibility index (Phi) is 6.30. The first-order chi connectivity index (χ1) is 16.0. The van der Waals surface area contributed by atoms with Crippen LogP contribution in [0.4, 0.5) is 18.9 Å². The number of hydrogen-bond donors (Lipinski definition) is 0. The van der Waals surface area contributed by atoms with Crippen molar-refractivity contribution in [2.45, 2.75) is 24.6 Å². The van der Waals surface area contributed by atoms with E-state index in [0.29, 0.717) is 18.5 Å². The van der Waals surface area contributed by atoms with Gasteiger partial charge in [0.05, 0.1) is 4.90 Å². The van der Waals surface area contributed by atoms with Crippen molar-refractivity contribution in [2.24, 2.45) is 0 Å². The van der Waals surface area contributed by atoms with Gasteiger partial charge in [-0.1, -0.05) is 0 Å². The van der Waals surface area contributed by atoms with Gasteiger partial charge in [0.2, 0.25) is 15.9 Å². The first-order valence-electron chi connectivity index (χ1n) is 10.5. The minimum absolute atomic E-state index is 0.0535. The molecule has 0 radical (unpaired) electrons. The largest absolute Gasteiger partial charge is 0.573 e. The molecule has 2 aliphatic heterocycles. The summed E-state index contributed by atoms with van der Waals surface area (Å²) < 4.78 is 67.6. The quantitative estimate of drug-likeness (QED) is 0.648. The maximum atomic E-state index is 13.0. The van der Waals surface area contributed by atoms with Crippen LogP contribution in [-0.2, 0) is 21.2 Å². The van der Waals surface area contributed by atoms with Crippen LogP contribution in [0.3, 0.4) is 0 Å². The van der Waals surface area contributed by atoms with E-state index in [1.54, 1.807) is 28.0 Å². The molecule has 0 spiro atoms. The van der Waals surface area contributed by atoms with Crippen LogP contribution in [0.1, 0.15) is 22.8 Å². The van der Waals surface area contributed by atoms with E-state index in [1.807, 2.05) is 0 Å². The highest BCUT2D eigenvalue weighted by Gasteiger charge is 2.33. The lowest BCUT2D eigenvalue weighted by atomic mass is 10.1. The fourth-order valence-corrected chi connectivity index (χ4v) is 5.56. The molecule has 182 valence electrons. The fourth-order valence-electron chi connectivity index (χ4n) is 4.14. The second-order valence-electron chi connectivity index (χ2n) is 7.98. The zero-order chi connectivity index (χ0) is 24.7. The zero-order valence-corrected chi connectivity index (χ0v) is 19.0. The third kappa shape index (κ3) is 4.87. The summed E-state index contributed by atoms with van der Waals surface area (Å²) in [6.07, 6.45) is -4.20. The summed E-state index contributed by atoms with van der Waals surface area (Å²) in [4.78, 5) is 27.7. The number of piperazine rings is 1. The van der Waals surface area contributed by atoms with Gasteiger partial charge >= 0.3 is 6.36 Å². The number of anilines is 1. The standard InChI is InChI=1S/C22H22F3N3O5S/c1-15(29)28-9-8-16-14-17(2-7-20(16)28)21(30)26-10-12-27(13-11-26)34(31,32)19-5-3-18(4-6-19)33-22(23,24)25/h2-7,14H,8-13H2,1H3. The average Bonchev–Trinajstić information content (AvgIpc) is 3.21. The van der Waals surface area contributed by atoms with Gasteiger partial charge in [-0.3, -0.25) is 9.59 Å². The van der Waals surface area contributed by atoms with E-state index in [9.17, 15) is 31.2 Å². The summed E-state index contributed by atoms with van der Waals surface area (Å²) in [6, 6.07) is 9.20. The van der Waals surface area contributed by atoms with Crippen molar-refractivity contribution >= 4 is 27.5 Å². The van der Waals surface area contributed by atoms with Gasteiger partial charge in [-0.25, -0.2) is 8.42 Å². The van der Waals surface area contributed by atoms with Gasteiger partial charge in [0.1, 0.15) is 5.75 Å². The van der Waals surface area contributed by atoms with Crippen molar-refractivity contribution in [3.63, 3.8) is 0 Å². The van der Waals surface area contributed by atoms with Gasteiger partial charge in [0.15, 0.2) is 0 Å². The molecular formula is C22H22F3N3O5S. The normalized spacial score (nSPS) is 16.9. The molecular weight excluding hydrogens is 475 g/mol. The minimum atomic E-state index is -4.87. The Morgan fingerprint density at radius 2 is 1.59 bits per heavy atom. The maximum absolute atomic E-state index is 13.0. The number of amides is 2. The summed E-state index contributed by atoms with van der Waals surface area (Å²) >= 11 is 0. The monoisotopic (exact) mass is 497 g/mol. The summed E-state index contributed by atoms with van der Waals surface area (Å²) in [6.45, 7) is 2.51. The molecule has 1 saturated heterocycles. The number of carbonyl (C=O) groups excluding carboxylic acids is 2. The van der Waals surface area contributed by atoms with Crippen molar-refractivity contribution in [1.29, 1.82) is 0 Å². The lowest BCUT2D eigenvalue weighted by molar-refractivity contribution is -0.274. The van der Waals surface area contributed by atoms with Crippen LogP contribution in [0.2, 0.25) is 0 Å². The Hall–Kier alpha value is -3.12. The highest BCUT2D eigenvalue weighted by molar-refractivity contribution is 7.89. The second-order valence-corrected chi connectivity index (χ2v) is 9.92. The molecule has 2 aromatic carbocycles. The van der Waals surface area contributed by atoms with Gasteiger partial charge < -0.3 is 14.5 Å². The van der Waals surface area contributed by atoms with Crippen molar-refractivity contribution in [3.8, 4) is 5.75 Å². The Labute approximate surface area is 194 Å². The van der Waals surface area contributed by atoms with E-state index >= 15 is 0 Å². The van der Waals surface area contributed by atoms with E-state index < -0.39 is 22.1 Å². The van der Waals surface area contributed by atoms with E-state index in [0.717, 1.165) is 35.5 Å². The molecule has 2 amide bonds. The third-order valence-corrected chi connectivity index (χ3v) is 7.74. The molecule has 0 atom stereocenters. The Morgan fingerprint density at radius 3 is 2.18 bits per heavy atom. The smallest absolute Gasteiger partial charge is 0.406 e. The van der Waals surface area contributed by atoms with Crippen molar-refractivity contribution < 1.29 is 35.9 Å². The number of alkyl halides is 3. The second kappa shape index (κ2) is 8.91. The van der Waals surface area contributed by atoms with Crippen molar-refractivity contribution in [2.75, 3.05) is 37.6 Å². The Balaban J connectivity index is 1.40. The van der Waals surface area contributed by atoms with Gasteiger partial charge in [-0.05, 0) is 54.4 Å². The molecule has 0 aliphatic carbocycles. The van der Waals surface area contributed by atoms with E-state index in [-0.39, 0.29) is 42.9 Å². The van der Waals surface area contributed by atoms with Gasteiger partial charge in [0.25, 0.3) is 5.91 Å². The molecule has 0 unspecified atom stereocenters.